The second-order valence-electron chi connectivity index (χ2n) is 5.45. The standard InChI is InChI=1S/C15H23NO/c1-11-4-3-5-13(7-6-11)16-15-9-8-14(17)10-12(15)2/h8-11,13,16-17H,3-7H2,1-2H3. The van der Waals surface area contributed by atoms with Gasteiger partial charge in [0.05, 0.1) is 0 Å². The number of hydrogen-bond acceptors (Lipinski definition) is 2. The highest BCUT2D eigenvalue weighted by Crippen LogP contribution is 2.27. The first-order valence-electron chi connectivity index (χ1n) is 6.71. The predicted octanol–water partition coefficient (Wildman–Crippen LogP) is 4.08. The van der Waals surface area contributed by atoms with Crippen molar-refractivity contribution in [3.63, 3.8) is 0 Å². The van der Waals surface area contributed by atoms with Gasteiger partial charge in [0.15, 0.2) is 0 Å². The zero-order valence-electron chi connectivity index (χ0n) is 10.9. The molecule has 1 aliphatic rings. The SMILES string of the molecule is Cc1cc(O)ccc1NC1CCCC(C)CC1. The Morgan fingerprint density at radius 3 is 2.76 bits per heavy atom. The van der Waals surface area contributed by atoms with Gasteiger partial charge in [-0.05, 0) is 55.9 Å². The van der Waals surface area contributed by atoms with Gasteiger partial charge in [-0.15, -0.1) is 0 Å². The zero-order chi connectivity index (χ0) is 12.3. The number of anilines is 1. The number of phenolic OH excluding ortho intramolecular Hbond substituents is 1. The van der Waals surface area contributed by atoms with Gasteiger partial charge in [-0.2, -0.15) is 0 Å². The third kappa shape index (κ3) is 3.39. The minimum atomic E-state index is 0.350. The van der Waals surface area contributed by atoms with E-state index in [2.05, 4.69) is 12.2 Å². The quantitative estimate of drug-likeness (QED) is 0.596. The van der Waals surface area contributed by atoms with Crippen LogP contribution in [-0.2, 0) is 0 Å². The van der Waals surface area contributed by atoms with Crippen LogP contribution in [0.25, 0.3) is 0 Å². The summed E-state index contributed by atoms with van der Waals surface area (Å²) in [6.07, 6.45) is 6.56. The molecule has 1 aromatic rings. The summed E-state index contributed by atoms with van der Waals surface area (Å²) < 4.78 is 0. The molecule has 0 aliphatic heterocycles. The Kier molecular flexibility index (Phi) is 3.93. The van der Waals surface area contributed by atoms with Crippen LogP contribution in [0.4, 0.5) is 5.69 Å². The summed E-state index contributed by atoms with van der Waals surface area (Å²) in [6, 6.07) is 6.16. The molecule has 1 saturated carbocycles. The smallest absolute Gasteiger partial charge is 0.115 e. The van der Waals surface area contributed by atoms with Crippen molar-refractivity contribution in [2.24, 2.45) is 5.92 Å². The van der Waals surface area contributed by atoms with Gasteiger partial charge in [0.1, 0.15) is 5.75 Å². The number of aromatic hydroxyl groups is 1. The summed E-state index contributed by atoms with van der Waals surface area (Å²) in [5.41, 5.74) is 2.30. The van der Waals surface area contributed by atoms with Crippen LogP contribution in [0.2, 0.25) is 0 Å². The monoisotopic (exact) mass is 233 g/mol. The fraction of sp³-hybridized carbons (Fsp3) is 0.600. The number of phenols is 1. The largest absolute Gasteiger partial charge is 0.508 e. The van der Waals surface area contributed by atoms with Crippen LogP contribution in [0, 0.1) is 12.8 Å². The maximum atomic E-state index is 9.40. The van der Waals surface area contributed by atoms with E-state index in [0.29, 0.717) is 11.8 Å². The molecule has 0 amide bonds. The van der Waals surface area contributed by atoms with E-state index >= 15 is 0 Å². The van der Waals surface area contributed by atoms with Gasteiger partial charge in [0, 0.05) is 11.7 Å². The third-order valence-electron chi connectivity index (χ3n) is 3.83. The second kappa shape index (κ2) is 5.44. The zero-order valence-corrected chi connectivity index (χ0v) is 10.9. The van der Waals surface area contributed by atoms with Crippen LogP contribution in [0.1, 0.15) is 44.6 Å². The molecule has 1 aliphatic carbocycles. The highest BCUT2D eigenvalue weighted by atomic mass is 16.3. The normalized spacial score (nSPS) is 25.3. The van der Waals surface area contributed by atoms with Crippen molar-refractivity contribution in [1.82, 2.24) is 0 Å². The van der Waals surface area contributed by atoms with E-state index in [4.69, 9.17) is 0 Å². The number of hydrogen-bond donors (Lipinski definition) is 2. The molecule has 1 fully saturated rings. The number of benzene rings is 1. The summed E-state index contributed by atoms with van der Waals surface area (Å²) in [6.45, 7) is 4.40. The van der Waals surface area contributed by atoms with Crippen LogP contribution < -0.4 is 5.32 Å². The van der Waals surface area contributed by atoms with Crippen molar-refractivity contribution in [3.05, 3.63) is 23.8 Å². The van der Waals surface area contributed by atoms with Gasteiger partial charge in [0.25, 0.3) is 0 Å². The fourth-order valence-electron chi connectivity index (χ4n) is 2.66. The number of nitrogens with one attached hydrogen (secondary N) is 1. The Morgan fingerprint density at radius 2 is 2.00 bits per heavy atom. The van der Waals surface area contributed by atoms with E-state index in [9.17, 15) is 5.11 Å². The van der Waals surface area contributed by atoms with Crippen molar-refractivity contribution < 1.29 is 5.11 Å². The van der Waals surface area contributed by atoms with Gasteiger partial charge in [-0.3, -0.25) is 0 Å². The van der Waals surface area contributed by atoms with Gasteiger partial charge < -0.3 is 10.4 Å². The number of aryl methyl sites for hydroxylation is 1. The molecular formula is C15H23NO. The molecule has 1 aromatic carbocycles. The Morgan fingerprint density at radius 1 is 1.18 bits per heavy atom. The molecule has 0 saturated heterocycles. The highest BCUT2D eigenvalue weighted by Gasteiger charge is 2.16. The first-order valence-corrected chi connectivity index (χ1v) is 6.71. The van der Waals surface area contributed by atoms with Gasteiger partial charge in [-0.25, -0.2) is 0 Å². The molecular weight excluding hydrogens is 210 g/mol. The van der Waals surface area contributed by atoms with E-state index in [1.807, 2.05) is 19.1 Å². The van der Waals surface area contributed by atoms with Gasteiger partial charge in [0.2, 0.25) is 0 Å². The first kappa shape index (κ1) is 12.3. The molecule has 2 heteroatoms. The fourth-order valence-corrected chi connectivity index (χ4v) is 2.66. The molecule has 0 heterocycles. The lowest BCUT2D eigenvalue weighted by molar-refractivity contribution is 0.475. The maximum Gasteiger partial charge on any atom is 0.115 e. The van der Waals surface area contributed by atoms with Crippen molar-refractivity contribution >= 4 is 5.69 Å². The summed E-state index contributed by atoms with van der Waals surface area (Å²) in [7, 11) is 0. The summed E-state index contributed by atoms with van der Waals surface area (Å²) in [5, 5.41) is 13.0. The average Bonchev–Trinajstić information content (AvgIpc) is 2.48. The molecule has 2 unspecified atom stereocenters. The highest BCUT2D eigenvalue weighted by molar-refractivity contribution is 5.53. The lowest BCUT2D eigenvalue weighted by Crippen LogP contribution is -2.18. The van der Waals surface area contributed by atoms with E-state index < -0.39 is 0 Å². The van der Waals surface area contributed by atoms with Crippen LogP contribution in [0.15, 0.2) is 18.2 Å². The molecule has 17 heavy (non-hydrogen) atoms. The molecule has 2 atom stereocenters. The van der Waals surface area contributed by atoms with Crippen LogP contribution in [0.3, 0.4) is 0 Å². The van der Waals surface area contributed by atoms with Crippen molar-refractivity contribution in [2.75, 3.05) is 5.32 Å². The van der Waals surface area contributed by atoms with Gasteiger partial charge in [-0.1, -0.05) is 19.8 Å². The van der Waals surface area contributed by atoms with Crippen molar-refractivity contribution in [2.45, 2.75) is 52.0 Å². The molecule has 0 aromatic heterocycles. The predicted molar refractivity (Wildman–Crippen MR) is 72.5 cm³/mol. The first-order chi connectivity index (χ1) is 8.15. The minimum absolute atomic E-state index is 0.350. The van der Waals surface area contributed by atoms with E-state index in [-0.39, 0.29) is 0 Å². The van der Waals surface area contributed by atoms with Gasteiger partial charge >= 0.3 is 0 Å². The molecule has 2 N–H and O–H groups in total. The topological polar surface area (TPSA) is 32.3 Å². The lowest BCUT2D eigenvalue weighted by atomic mass is 10.0. The lowest BCUT2D eigenvalue weighted by Gasteiger charge is -2.19. The summed E-state index contributed by atoms with van der Waals surface area (Å²) >= 11 is 0. The van der Waals surface area contributed by atoms with Crippen LogP contribution in [0.5, 0.6) is 5.75 Å². The van der Waals surface area contributed by atoms with Crippen molar-refractivity contribution in [3.8, 4) is 5.75 Å². The third-order valence-corrected chi connectivity index (χ3v) is 3.83. The molecule has 2 rings (SSSR count). The van der Waals surface area contributed by atoms with E-state index in [1.54, 1.807) is 6.07 Å². The van der Waals surface area contributed by atoms with Crippen LogP contribution >= 0.6 is 0 Å². The van der Waals surface area contributed by atoms with E-state index in [1.165, 1.54) is 37.8 Å². The van der Waals surface area contributed by atoms with Crippen molar-refractivity contribution in [1.29, 1.82) is 0 Å². The molecule has 0 bridgehead atoms. The summed E-state index contributed by atoms with van der Waals surface area (Å²) in [4.78, 5) is 0. The number of rotatable bonds is 2. The van der Waals surface area contributed by atoms with Crippen LogP contribution in [-0.4, -0.2) is 11.1 Å². The Balaban J connectivity index is 2.00. The second-order valence-corrected chi connectivity index (χ2v) is 5.45. The maximum absolute atomic E-state index is 9.40. The molecule has 0 spiro atoms. The minimum Gasteiger partial charge on any atom is -0.508 e. The Labute approximate surface area is 104 Å². The molecule has 94 valence electrons. The average molecular weight is 233 g/mol. The molecule has 2 nitrogen and oxygen atoms in total. The summed E-state index contributed by atoms with van der Waals surface area (Å²) in [5.74, 6) is 1.23. The molecule has 0 radical (unpaired) electrons. The van der Waals surface area contributed by atoms with E-state index in [0.717, 1.165) is 11.5 Å². The Hall–Kier alpha value is -1.18. The Bertz CT molecular complexity index is 375.